The zero-order valence-corrected chi connectivity index (χ0v) is 16.0. The summed E-state index contributed by atoms with van der Waals surface area (Å²) >= 11 is 0. The van der Waals surface area contributed by atoms with Gasteiger partial charge in [-0.25, -0.2) is 13.7 Å². The third-order valence-corrected chi connectivity index (χ3v) is 6.62. The molecule has 0 aromatic heterocycles. The molecule has 0 saturated heterocycles. The van der Waals surface area contributed by atoms with E-state index in [2.05, 4.69) is 17.7 Å². The molecule has 144 valence electrons. The van der Waals surface area contributed by atoms with Crippen LogP contribution in [0, 0.1) is 0 Å². The lowest BCUT2D eigenvalue weighted by atomic mass is 10.3. The van der Waals surface area contributed by atoms with Crippen LogP contribution < -0.4 is 0 Å². The van der Waals surface area contributed by atoms with Gasteiger partial charge in [-0.05, 0) is 18.9 Å². The van der Waals surface area contributed by atoms with Crippen molar-refractivity contribution in [3.05, 3.63) is 11.6 Å². The summed E-state index contributed by atoms with van der Waals surface area (Å²) in [6.07, 6.45) is 3.16. The monoisotopic (exact) mass is 412 g/mol. The molecule has 0 amide bonds. The van der Waals surface area contributed by atoms with Gasteiger partial charge in [-0.3, -0.25) is 9.05 Å². The molecule has 0 spiro atoms. The summed E-state index contributed by atoms with van der Waals surface area (Å²) in [5.41, 5.74) is 0.416. The molecule has 0 radical (unpaired) electrons. The molecule has 0 aliphatic heterocycles. The third-order valence-electron chi connectivity index (χ3n) is 2.33. The summed E-state index contributed by atoms with van der Waals surface area (Å²) in [6, 6.07) is 0. The first kappa shape index (κ1) is 24.1. The molecule has 4 N–H and O–H groups in total. The molecule has 0 saturated carbocycles. The van der Waals surface area contributed by atoms with E-state index in [0.717, 1.165) is 6.42 Å². The number of hydrogen-bond donors (Lipinski definition) is 4. The zero-order valence-electron chi connectivity index (χ0n) is 13.3. The molecule has 3 unspecified atom stereocenters. The van der Waals surface area contributed by atoms with Crippen LogP contribution in [0.3, 0.4) is 0 Å². The first-order valence-electron chi connectivity index (χ1n) is 6.89. The highest BCUT2D eigenvalue weighted by Gasteiger charge is 2.41. The van der Waals surface area contributed by atoms with E-state index < -0.39 is 30.1 Å². The van der Waals surface area contributed by atoms with Gasteiger partial charge in [0.1, 0.15) is 0 Å². The fourth-order valence-corrected chi connectivity index (χ4v) is 4.67. The molecule has 0 heterocycles. The Labute approximate surface area is 140 Å². The Morgan fingerprint density at radius 2 is 1.50 bits per heavy atom. The van der Waals surface area contributed by atoms with Gasteiger partial charge in [-0.1, -0.05) is 25.8 Å². The molecule has 24 heavy (non-hydrogen) atoms. The summed E-state index contributed by atoms with van der Waals surface area (Å²) in [5, 5.41) is 8.72. The molecule has 0 aromatic rings. The fourth-order valence-electron chi connectivity index (χ4n) is 1.19. The maximum atomic E-state index is 11.5. The van der Waals surface area contributed by atoms with Gasteiger partial charge in [0.15, 0.2) is 0 Å². The minimum atomic E-state index is -5.41. The Morgan fingerprint density at radius 3 is 2.00 bits per heavy atom. The van der Waals surface area contributed by atoms with E-state index in [9.17, 15) is 28.4 Å². The van der Waals surface area contributed by atoms with Gasteiger partial charge in [-0.15, -0.1) is 0 Å². The quantitative estimate of drug-likeness (QED) is 0.199. The van der Waals surface area contributed by atoms with Crippen molar-refractivity contribution in [3.8, 4) is 0 Å². The molecule has 3 atom stereocenters. The highest BCUT2D eigenvalue weighted by molar-refractivity contribution is 7.66. The predicted octanol–water partition coefficient (Wildman–Crippen LogP) is 2.48. The largest absolute Gasteiger partial charge is 0.490 e. The van der Waals surface area contributed by atoms with E-state index in [-0.39, 0.29) is 13.2 Å². The molecule has 0 aliphatic carbocycles. The predicted molar refractivity (Wildman–Crippen MR) is 83.9 cm³/mol. The number of unbranched alkanes of at least 4 members (excludes halogenated alkanes) is 2. The van der Waals surface area contributed by atoms with Gasteiger partial charge < -0.3 is 19.8 Å². The minimum Gasteiger partial charge on any atom is -0.392 e. The highest BCUT2D eigenvalue weighted by atomic mass is 31.3. The number of rotatable bonds is 13. The Bertz CT molecular complexity index is 546. The van der Waals surface area contributed by atoms with Crippen molar-refractivity contribution in [2.24, 2.45) is 0 Å². The smallest absolute Gasteiger partial charge is 0.392 e. The molecule has 0 aliphatic rings. The van der Waals surface area contributed by atoms with Crippen molar-refractivity contribution in [3.63, 3.8) is 0 Å². The Kier molecular flexibility index (Phi) is 11.0. The van der Waals surface area contributed by atoms with Crippen molar-refractivity contribution in [2.75, 3.05) is 19.8 Å². The molecule has 0 bridgehead atoms. The van der Waals surface area contributed by atoms with Crippen molar-refractivity contribution < 1.29 is 51.2 Å². The molecule has 14 heteroatoms. The average Bonchev–Trinajstić information content (AvgIpc) is 2.40. The van der Waals surface area contributed by atoms with Crippen LogP contribution in [0.15, 0.2) is 11.6 Å². The van der Waals surface area contributed by atoms with Crippen LogP contribution in [0.25, 0.3) is 0 Å². The molecule has 0 fully saturated rings. The second-order valence-corrected chi connectivity index (χ2v) is 9.25. The number of aliphatic hydroxyl groups is 1. The van der Waals surface area contributed by atoms with Crippen LogP contribution in [0.4, 0.5) is 0 Å². The number of hydrogen-bond acceptors (Lipinski definition) is 8. The maximum Gasteiger partial charge on any atom is 0.490 e. The van der Waals surface area contributed by atoms with Crippen LogP contribution in [0.1, 0.15) is 33.1 Å². The van der Waals surface area contributed by atoms with Crippen molar-refractivity contribution in [1.29, 1.82) is 0 Å². The summed E-state index contributed by atoms with van der Waals surface area (Å²) in [4.78, 5) is 27.8. The number of phosphoric acid groups is 3. The van der Waals surface area contributed by atoms with Crippen LogP contribution in [0.5, 0.6) is 0 Å². The van der Waals surface area contributed by atoms with E-state index in [1.807, 2.05) is 6.92 Å². The summed E-state index contributed by atoms with van der Waals surface area (Å²) in [5.74, 6) is 0. The lowest BCUT2D eigenvalue weighted by molar-refractivity contribution is 0.161. The lowest BCUT2D eigenvalue weighted by Crippen LogP contribution is -2.00. The molecule has 0 rings (SSSR count). The third kappa shape index (κ3) is 12.5. The van der Waals surface area contributed by atoms with Crippen molar-refractivity contribution >= 4 is 23.5 Å². The van der Waals surface area contributed by atoms with E-state index in [1.165, 1.54) is 13.0 Å². The van der Waals surface area contributed by atoms with Crippen molar-refractivity contribution in [1.82, 2.24) is 0 Å². The molecular weight excluding hydrogens is 389 g/mol. The van der Waals surface area contributed by atoms with Gasteiger partial charge in [0.05, 0.1) is 19.8 Å². The number of aliphatic hydroxyl groups excluding tert-OH is 1. The topological polar surface area (TPSA) is 169 Å². The summed E-state index contributed by atoms with van der Waals surface area (Å²) < 4.78 is 51.0. The Morgan fingerprint density at radius 1 is 0.958 bits per heavy atom. The second-order valence-electron chi connectivity index (χ2n) is 4.61. The fraction of sp³-hybridized carbons (Fsp3) is 0.800. The first-order valence-corrected chi connectivity index (χ1v) is 11.4. The summed E-state index contributed by atoms with van der Waals surface area (Å²) in [6.45, 7) is 2.36. The van der Waals surface area contributed by atoms with Crippen LogP contribution in [-0.2, 0) is 31.4 Å². The normalized spacial score (nSPS) is 20.2. The second kappa shape index (κ2) is 11.0. The maximum absolute atomic E-state index is 11.5. The number of phosphoric ester groups is 2. The lowest BCUT2D eigenvalue weighted by Gasteiger charge is -2.17. The highest BCUT2D eigenvalue weighted by Crippen LogP contribution is 2.67. The van der Waals surface area contributed by atoms with Crippen LogP contribution in [-0.4, -0.2) is 39.6 Å². The van der Waals surface area contributed by atoms with Crippen LogP contribution in [0.2, 0.25) is 0 Å². The van der Waals surface area contributed by atoms with E-state index >= 15 is 0 Å². The average molecular weight is 412 g/mol. The molecule has 0 aromatic carbocycles. The Balaban J connectivity index is 4.57. The van der Waals surface area contributed by atoms with Crippen LogP contribution >= 0.6 is 23.5 Å². The SMILES string of the molecule is CCCCCOP(=O)(O)OP(=O)(O)OP(=O)(O)OC/C=C(\C)CO. The van der Waals surface area contributed by atoms with Gasteiger partial charge in [-0.2, -0.15) is 8.62 Å². The van der Waals surface area contributed by atoms with Gasteiger partial charge in [0, 0.05) is 0 Å². The zero-order chi connectivity index (χ0) is 18.9. The van der Waals surface area contributed by atoms with Gasteiger partial charge in [0.25, 0.3) is 0 Å². The van der Waals surface area contributed by atoms with Crippen molar-refractivity contribution in [2.45, 2.75) is 33.1 Å². The Hall–Kier alpha value is 0.110. The van der Waals surface area contributed by atoms with Gasteiger partial charge >= 0.3 is 23.5 Å². The summed E-state index contributed by atoms with van der Waals surface area (Å²) in [7, 11) is -15.4. The first-order chi connectivity index (χ1) is 10.9. The van der Waals surface area contributed by atoms with E-state index in [1.54, 1.807) is 0 Å². The van der Waals surface area contributed by atoms with Gasteiger partial charge in [0.2, 0.25) is 0 Å². The van der Waals surface area contributed by atoms with E-state index in [4.69, 9.17) is 5.11 Å². The minimum absolute atomic E-state index is 0.208. The van der Waals surface area contributed by atoms with E-state index in [0.29, 0.717) is 18.4 Å². The molecule has 11 nitrogen and oxygen atoms in total. The standard InChI is InChI=1S/C10H23O11P3/c1-3-4-5-7-18-22(12,13)20-24(16,17)21-23(14,15)19-8-6-10(2)9-11/h6,11H,3-5,7-9H2,1-2H3,(H,12,13)(H,14,15)(H,16,17)/b10-6+. The molecular formula is C10H23O11P3.